The van der Waals surface area contributed by atoms with Crippen molar-refractivity contribution in [3.63, 3.8) is 0 Å². The first-order chi connectivity index (χ1) is 12.0. The number of carbonyl (C=O) groups is 1. The molecular formula is C17H23N3O4S. The lowest BCUT2D eigenvalue weighted by atomic mass is 10.2. The molecule has 1 aromatic heterocycles. The molecular weight excluding hydrogens is 342 g/mol. The van der Waals surface area contributed by atoms with Gasteiger partial charge in [-0.3, -0.25) is 4.79 Å². The third kappa shape index (κ3) is 5.32. The third-order valence-electron chi connectivity index (χ3n) is 3.62. The second-order valence-electron chi connectivity index (χ2n) is 5.58. The fourth-order valence-electron chi connectivity index (χ4n) is 2.15. The minimum Gasteiger partial charge on any atom is -0.366 e. The summed E-state index contributed by atoms with van der Waals surface area (Å²) in [4.78, 5) is 16.0. The highest BCUT2D eigenvalue weighted by Gasteiger charge is 2.16. The van der Waals surface area contributed by atoms with Gasteiger partial charge in [0.05, 0.1) is 5.69 Å². The van der Waals surface area contributed by atoms with Gasteiger partial charge in [0.2, 0.25) is 0 Å². The minimum absolute atomic E-state index is 0.134. The van der Waals surface area contributed by atoms with Crippen molar-refractivity contribution in [1.29, 1.82) is 0 Å². The van der Waals surface area contributed by atoms with Crippen LogP contribution in [0.4, 0.5) is 0 Å². The van der Waals surface area contributed by atoms with Crippen LogP contribution in [0.25, 0.3) is 0 Å². The van der Waals surface area contributed by atoms with Crippen molar-refractivity contribution < 1.29 is 17.4 Å². The fourth-order valence-corrected chi connectivity index (χ4v) is 3.01. The Morgan fingerprint density at radius 1 is 1.20 bits per heavy atom. The number of rotatable bonds is 9. The second-order valence-corrected chi connectivity index (χ2v) is 7.02. The molecule has 2 rings (SSSR count). The number of aryl methyl sites for hydroxylation is 1. The summed E-state index contributed by atoms with van der Waals surface area (Å²) in [5.41, 5.74) is 1.11. The Morgan fingerprint density at radius 2 is 1.92 bits per heavy atom. The molecule has 0 atom stereocenters. The van der Waals surface area contributed by atoms with Crippen molar-refractivity contribution in [2.24, 2.45) is 0 Å². The van der Waals surface area contributed by atoms with Crippen LogP contribution in [0.15, 0.2) is 36.8 Å². The average Bonchev–Trinajstić information content (AvgIpc) is 3.09. The number of nitrogens with zero attached hydrogens (tertiary/aromatic N) is 2. The first kappa shape index (κ1) is 19.0. The third-order valence-corrected chi connectivity index (χ3v) is 4.74. The Labute approximate surface area is 148 Å². The summed E-state index contributed by atoms with van der Waals surface area (Å²) >= 11 is 0. The standard InChI is InChI=1S/C17H23N3O4S/c1-3-5-6-11-18-17(21)14-7-9-16(10-8-14)24-25(22,23)20-12-15(4-2)19-13-20/h7-10,12-13H,3-6,11H2,1-2H3,(H,18,21). The first-order valence-electron chi connectivity index (χ1n) is 8.32. The molecule has 1 aromatic carbocycles. The fraction of sp³-hybridized carbons (Fsp3) is 0.412. The maximum absolute atomic E-state index is 12.2. The van der Waals surface area contributed by atoms with Crippen LogP contribution in [0.2, 0.25) is 0 Å². The van der Waals surface area contributed by atoms with Crippen molar-refractivity contribution in [1.82, 2.24) is 14.3 Å². The predicted octanol–water partition coefficient (Wildman–Crippen LogP) is 2.54. The van der Waals surface area contributed by atoms with Crippen LogP contribution in [-0.4, -0.2) is 29.8 Å². The number of nitrogens with one attached hydrogen (secondary N) is 1. The van der Waals surface area contributed by atoms with E-state index < -0.39 is 10.3 Å². The zero-order valence-electron chi connectivity index (χ0n) is 14.4. The number of imidazole rings is 1. The summed E-state index contributed by atoms with van der Waals surface area (Å²) in [6.07, 6.45) is 6.34. The molecule has 7 nitrogen and oxygen atoms in total. The molecule has 0 aliphatic rings. The number of hydrogen-bond donors (Lipinski definition) is 1. The molecule has 1 heterocycles. The smallest absolute Gasteiger partial charge is 0.366 e. The van der Waals surface area contributed by atoms with Gasteiger partial charge in [-0.15, -0.1) is 0 Å². The van der Waals surface area contributed by atoms with Gasteiger partial charge in [-0.1, -0.05) is 26.7 Å². The van der Waals surface area contributed by atoms with E-state index in [4.69, 9.17) is 4.18 Å². The van der Waals surface area contributed by atoms with E-state index in [-0.39, 0.29) is 11.7 Å². The Bertz CT molecular complexity index is 798. The highest BCUT2D eigenvalue weighted by Crippen LogP contribution is 2.16. The normalized spacial score (nSPS) is 11.3. The van der Waals surface area contributed by atoms with Gasteiger partial charge in [-0.05, 0) is 37.1 Å². The molecule has 8 heteroatoms. The van der Waals surface area contributed by atoms with Gasteiger partial charge >= 0.3 is 10.3 Å². The number of benzene rings is 1. The predicted molar refractivity (Wildman–Crippen MR) is 94.9 cm³/mol. The molecule has 0 spiro atoms. The molecule has 0 radical (unpaired) electrons. The van der Waals surface area contributed by atoms with E-state index in [1.165, 1.54) is 36.8 Å². The number of unbranched alkanes of at least 4 members (excludes halogenated alkanes) is 2. The quantitative estimate of drug-likeness (QED) is 0.690. The van der Waals surface area contributed by atoms with E-state index >= 15 is 0 Å². The van der Waals surface area contributed by atoms with E-state index in [0.29, 0.717) is 24.2 Å². The highest BCUT2D eigenvalue weighted by atomic mass is 32.2. The minimum atomic E-state index is -4.00. The molecule has 0 saturated carbocycles. The van der Waals surface area contributed by atoms with E-state index in [1.807, 2.05) is 6.92 Å². The van der Waals surface area contributed by atoms with Crippen molar-refractivity contribution in [3.05, 3.63) is 48.0 Å². The van der Waals surface area contributed by atoms with Gasteiger partial charge in [-0.25, -0.2) is 8.96 Å². The maximum Gasteiger partial charge on any atom is 0.414 e. The molecule has 1 amide bonds. The van der Waals surface area contributed by atoms with Gasteiger partial charge in [0.15, 0.2) is 0 Å². The molecule has 0 fully saturated rings. The lowest BCUT2D eigenvalue weighted by Gasteiger charge is -2.08. The van der Waals surface area contributed by atoms with Gasteiger partial charge in [0.1, 0.15) is 12.1 Å². The lowest BCUT2D eigenvalue weighted by molar-refractivity contribution is 0.0953. The second kappa shape index (κ2) is 8.66. The van der Waals surface area contributed by atoms with Gasteiger partial charge in [-0.2, -0.15) is 8.42 Å². The van der Waals surface area contributed by atoms with E-state index in [2.05, 4.69) is 17.2 Å². The zero-order valence-corrected chi connectivity index (χ0v) is 15.3. The van der Waals surface area contributed by atoms with Crippen LogP contribution in [0.5, 0.6) is 5.75 Å². The molecule has 25 heavy (non-hydrogen) atoms. The van der Waals surface area contributed by atoms with Crippen molar-refractivity contribution in [2.75, 3.05) is 6.54 Å². The summed E-state index contributed by atoms with van der Waals surface area (Å²) in [5, 5.41) is 2.83. The molecule has 0 bridgehead atoms. The Morgan fingerprint density at radius 3 is 2.52 bits per heavy atom. The monoisotopic (exact) mass is 365 g/mol. The first-order valence-corrected chi connectivity index (χ1v) is 9.69. The number of aromatic nitrogens is 2. The summed E-state index contributed by atoms with van der Waals surface area (Å²) in [6.45, 7) is 4.60. The Hall–Kier alpha value is -2.35. The van der Waals surface area contributed by atoms with Crippen LogP contribution in [0, 0.1) is 0 Å². The zero-order chi connectivity index (χ0) is 18.3. The van der Waals surface area contributed by atoms with Gasteiger partial charge in [0.25, 0.3) is 5.91 Å². The van der Waals surface area contributed by atoms with Crippen molar-refractivity contribution in [2.45, 2.75) is 39.5 Å². The summed E-state index contributed by atoms with van der Waals surface area (Å²) < 4.78 is 30.3. The molecule has 0 unspecified atom stereocenters. The van der Waals surface area contributed by atoms with E-state index in [9.17, 15) is 13.2 Å². The number of carbonyl (C=O) groups excluding carboxylic acids is 1. The van der Waals surface area contributed by atoms with Crippen molar-refractivity contribution in [3.8, 4) is 5.75 Å². The maximum atomic E-state index is 12.2. The summed E-state index contributed by atoms with van der Waals surface area (Å²) in [6, 6.07) is 5.98. The molecule has 0 aliphatic carbocycles. The Kier molecular flexibility index (Phi) is 6.58. The Balaban J connectivity index is 1.98. The number of amides is 1. The van der Waals surface area contributed by atoms with E-state index in [0.717, 1.165) is 23.2 Å². The van der Waals surface area contributed by atoms with Crippen LogP contribution >= 0.6 is 0 Å². The average molecular weight is 365 g/mol. The van der Waals surface area contributed by atoms with Crippen LogP contribution in [0.3, 0.4) is 0 Å². The van der Waals surface area contributed by atoms with Crippen LogP contribution in [0.1, 0.15) is 49.2 Å². The molecule has 2 aromatic rings. The summed E-state index contributed by atoms with van der Waals surface area (Å²) in [5.74, 6) is -0.0537. The highest BCUT2D eigenvalue weighted by molar-refractivity contribution is 7.85. The largest absolute Gasteiger partial charge is 0.414 e. The van der Waals surface area contributed by atoms with Crippen LogP contribution < -0.4 is 9.50 Å². The SMILES string of the molecule is CCCCCNC(=O)c1ccc(OS(=O)(=O)n2cnc(CC)c2)cc1. The summed E-state index contributed by atoms with van der Waals surface area (Å²) in [7, 11) is -4.00. The number of hydrogen-bond acceptors (Lipinski definition) is 5. The van der Waals surface area contributed by atoms with Gasteiger partial charge < -0.3 is 9.50 Å². The lowest BCUT2D eigenvalue weighted by Crippen LogP contribution is -2.24. The van der Waals surface area contributed by atoms with Crippen LogP contribution in [-0.2, 0) is 16.7 Å². The van der Waals surface area contributed by atoms with Crippen molar-refractivity contribution >= 4 is 16.2 Å². The van der Waals surface area contributed by atoms with E-state index in [1.54, 1.807) is 0 Å². The topological polar surface area (TPSA) is 90.3 Å². The molecule has 0 saturated heterocycles. The van der Waals surface area contributed by atoms with Gasteiger partial charge in [0, 0.05) is 18.3 Å². The molecule has 0 aliphatic heterocycles. The molecule has 1 N–H and O–H groups in total. The molecule has 136 valence electrons.